The number of ether oxygens (including phenoxy) is 3. The van der Waals surface area contributed by atoms with Crippen molar-refractivity contribution in [3.63, 3.8) is 0 Å². The van der Waals surface area contributed by atoms with Crippen molar-refractivity contribution in [2.45, 2.75) is 367 Å². The number of unbranched alkanes of at least 4 members (excludes halogenated alkanes) is 40. The maximum atomic E-state index is 12.9. The summed E-state index contributed by atoms with van der Waals surface area (Å²) in [5.41, 5.74) is 0. The predicted octanol–water partition coefficient (Wildman–Crippen LogP) is 24.6. The Morgan fingerprint density at radius 3 is 0.805 bits per heavy atom. The summed E-state index contributed by atoms with van der Waals surface area (Å²) in [6.07, 6.45) is 93.4. The van der Waals surface area contributed by atoms with E-state index in [-0.39, 0.29) is 37.5 Å². The first-order valence-corrected chi connectivity index (χ1v) is 35.6. The largest absolute Gasteiger partial charge is 0.462 e. The van der Waals surface area contributed by atoms with Crippen molar-refractivity contribution >= 4 is 17.9 Å². The first-order valence-electron chi connectivity index (χ1n) is 35.6. The summed E-state index contributed by atoms with van der Waals surface area (Å²) in [5, 5.41) is 0. The Kier molecular flexibility index (Phi) is 67.2. The van der Waals surface area contributed by atoms with Gasteiger partial charge in [0.25, 0.3) is 0 Å². The van der Waals surface area contributed by atoms with Gasteiger partial charge in [0.1, 0.15) is 13.2 Å². The van der Waals surface area contributed by atoms with Gasteiger partial charge in [0.2, 0.25) is 0 Å². The van der Waals surface area contributed by atoms with Gasteiger partial charge in [-0.15, -0.1) is 0 Å². The molecule has 0 spiro atoms. The summed E-state index contributed by atoms with van der Waals surface area (Å²) in [7, 11) is 0. The van der Waals surface area contributed by atoms with Gasteiger partial charge in [-0.25, -0.2) is 0 Å². The van der Waals surface area contributed by atoms with E-state index in [0.29, 0.717) is 19.3 Å². The maximum absolute atomic E-state index is 12.9. The molecule has 0 saturated carbocycles. The molecule has 0 N–H and O–H groups in total. The highest BCUT2D eigenvalue weighted by Gasteiger charge is 2.19. The van der Waals surface area contributed by atoms with Gasteiger partial charge in [0.05, 0.1) is 0 Å². The van der Waals surface area contributed by atoms with Gasteiger partial charge in [-0.05, 0) is 109 Å². The van der Waals surface area contributed by atoms with Crippen molar-refractivity contribution in [2.75, 3.05) is 13.2 Å². The lowest BCUT2D eigenvalue weighted by atomic mass is 10.0. The fourth-order valence-corrected chi connectivity index (χ4v) is 10.3. The Balaban J connectivity index is 4.31. The van der Waals surface area contributed by atoms with Gasteiger partial charge in [0.15, 0.2) is 6.10 Å². The fraction of sp³-hybridized carbons (Fsp3) is 0.776. The molecule has 0 aromatic carbocycles. The highest BCUT2D eigenvalue weighted by atomic mass is 16.6. The molecule has 0 aliphatic heterocycles. The minimum Gasteiger partial charge on any atom is -0.462 e. The first kappa shape index (κ1) is 78.6. The topological polar surface area (TPSA) is 78.9 Å². The lowest BCUT2D eigenvalue weighted by molar-refractivity contribution is -0.167. The molecule has 0 radical (unpaired) electrons. The van der Waals surface area contributed by atoms with Crippen LogP contribution in [0.5, 0.6) is 0 Å². The number of hydrogen-bond donors (Lipinski definition) is 0. The van der Waals surface area contributed by atoms with Crippen LogP contribution in [0.4, 0.5) is 0 Å². The van der Waals surface area contributed by atoms with Crippen molar-refractivity contribution in [1.82, 2.24) is 0 Å². The molecule has 1 unspecified atom stereocenters. The van der Waals surface area contributed by atoms with Gasteiger partial charge < -0.3 is 14.2 Å². The third-order valence-corrected chi connectivity index (χ3v) is 15.6. The van der Waals surface area contributed by atoms with Crippen LogP contribution < -0.4 is 0 Å². The van der Waals surface area contributed by atoms with E-state index in [2.05, 4.69) is 106 Å². The van der Waals surface area contributed by atoms with Crippen LogP contribution in [0.2, 0.25) is 0 Å². The monoisotopic (exact) mass is 1140 g/mol. The zero-order valence-corrected chi connectivity index (χ0v) is 54.5. The minimum atomic E-state index is -0.803. The SMILES string of the molecule is CC/C=C\C/C=C\C/C=C\C/C=C\C/C=C\CCCC(=O)OCC(COC(=O)CCCCCCCCCCCCCCCCCCC/C=C\CCCCCCCCCC)OC(=O)CCCCCCCCC/C=C\CCCCCCCCC. The second kappa shape index (κ2) is 70.1. The van der Waals surface area contributed by atoms with Crippen LogP contribution in [0.1, 0.15) is 361 Å². The zero-order chi connectivity index (χ0) is 59.2. The molecule has 0 aromatic heterocycles. The van der Waals surface area contributed by atoms with Crippen LogP contribution in [0, 0.1) is 0 Å². The van der Waals surface area contributed by atoms with E-state index in [0.717, 1.165) is 77.0 Å². The van der Waals surface area contributed by atoms with Gasteiger partial charge in [-0.1, -0.05) is 318 Å². The molecule has 0 aromatic rings. The lowest BCUT2D eigenvalue weighted by Crippen LogP contribution is -2.30. The molecule has 0 fully saturated rings. The van der Waals surface area contributed by atoms with Crippen molar-refractivity contribution in [2.24, 2.45) is 0 Å². The summed E-state index contributed by atoms with van der Waals surface area (Å²) < 4.78 is 16.9. The Labute approximate surface area is 509 Å². The molecule has 0 amide bonds. The van der Waals surface area contributed by atoms with Crippen LogP contribution in [-0.4, -0.2) is 37.2 Å². The first-order chi connectivity index (χ1) is 40.5. The second-order valence-corrected chi connectivity index (χ2v) is 23.8. The Hall–Kier alpha value is -3.41. The average molecular weight is 1140 g/mol. The van der Waals surface area contributed by atoms with Crippen molar-refractivity contribution < 1.29 is 28.6 Å². The van der Waals surface area contributed by atoms with Crippen molar-refractivity contribution in [1.29, 1.82) is 0 Å². The van der Waals surface area contributed by atoms with E-state index in [4.69, 9.17) is 14.2 Å². The minimum absolute atomic E-state index is 0.0933. The highest BCUT2D eigenvalue weighted by molar-refractivity contribution is 5.71. The van der Waals surface area contributed by atoms with E-state index in [9.17, 15) is 14.4 Å². The molecule has 0 saturated heterocycles. The normalized spacial score (nSPS) is 12.6. The lowest BCUT2D eigenvalue weighted by Gasteiger charge is -2.18. The maximum Gasteiger partial charge on any atom is 0.306 e. The van der Waals surface area contributed by atoms with Gasteiger partial charge in [-0.3, -0.25) is 14.4 Å². The van der Waals surface area contributed by atoms with Crippen LogP contribution in [-0.2, 0) is 28.6 Å². The van der Waals surface area contributed by atoms with Gasteiger partial charge in [-0.2, -0.15) is 0 Å². The van der Waals surface area contributed by atoms with Gasteiger partial charge >= 0.3 is 17.9 Å². The quantitative estimate of drug-likeness (QED) is 0.0261. The predicted molar refractivity (Wildman–Crippen MR) is 358 cm³/mol. The van der Waals surface area contributed by atoms with Crippen LogP contribution >= 0.6 is 0 Å². The molecule has 0 heterocycles. The van der Waals surface area contributed by atoms with E-state index >= 15 is 0 Å². The van der Waals surface area contributed by atoms with Crippen LogP contribution in [0.3, 0.4) is 0 Å². The smallest absolute Gasteiger partial charge is 0.306 e. The van der Waals surface area contributed by atoms with E-state index in [1.54, 1.807) is 0 Å². The molecule has 0 aliphatic rings. The number of carbonyl (C=O) groups is 3. The average Bonchev–Trinajstić information content (AvgIpc) is 3.47. The molecule has 0 rings (SSSR count). The standard InChI is InChI=1S/C76H134O6/c1-4-7-10-13-16-19-22-25-28-31-33-34-35-36-37-38-39-40-41-42-43-46-48-51-54-57-60-63-66-69-75(78)81-72-73(71-80-74(77)68-65-62-59-56-53-50-47-44-30-27-24-21-18-15-12-9-6-3)82-76(79)70-67-64-61-58-55-52-49-45-32-29-26-23-20-17-14-11-8-5-2/h9,12,18,21,27,29-33,47,50,56,59,73H,4-8,10-11,13-17,19-20,22-26,28,34-46,48-49,51-55,57-58,60-72H2,1-3H3/b12-9-,21-18-,30-27-,32-29-,33-31-,50-47-,59-56-. The number of esters is 3. The molecule has 6 nitrogen and oxygen atoms in total. The summed E-state index contributed by atoms with van der Waals surface area (Å²) in [4.78, 5) is 38.4. The Morgan fingerprint density at radius 2 is 0.488 bits per heavy atom. The fourth-order valence-electron chi connectivity index (χ4n) is 10.3. The summed E-state index contributed by atoms with van der Waals surface area (Å²) >= 11 is 0. The van der Waals surface area contributed by atoms with E-state index in [1.807, 2.05) is 0 Å². The van der Waals surface area contributed by atoms with Crippen LogP contribution in [0.25, 0.3) is 0 Å². The molecule has 0 bridgehead atoms. The molecule has 1 atom stereocenters. The number of allylic oxidation sites excluding steroid dienone is 14. The molecular formula is C76H134O6. The molecule has 82 heavy (non-hydrogen) atoms. The Morgan fingerprint density at radius 1 is 0.256 bits per heavy atom. The molecule has 0 aliphatic carbocycles. The summed E-state index contributed by atoms with van der Waals surface area (Å²) in [6.45, 7) is 6.52. The number of rotatable bonds is 65. The Bertz CT molecular complexity index is 1550. The van der Waals surface area contributed by atoms with E-state index < -0.39 is 6.10 Å². The van der Waals surface area contributed by atoms with Crippen molar-refractivity contribution in [3.05, 3.63) is 85.1 Å². The molecule has 6 heteroatoms. The number of hydrogen-bond acceptors (Lipinski definition) is 6. The third-order valence-electron chi connectivity index (χ3n) is 15.6. The highest BCUT2D eigenvalue weighted by Crippen LogP contribution is 2.17. The third kappa shape index (κ3) is 67.4. The summed E-state index contributed by atoms with van der Waals surface area (Å²) in [6, 6.07) is 0. The zero-order valence-electron chi connectivity index (χ0n) is 54.5. The second-order valence-electron chi connectivity index (χ2n) is 23.8. The summed E-state index contributed by atoms with van der Waals surface area (Å²) in [5.74, 6) is -0.941. The van der Waals surface area contributed by atoms with Crippen LogP contribution in [0.15, 0.2) is 85.1 Å². The van der Waals surface area contributed by atoms with Gasteiger partial charge in [0, 0.05) is 19.3 Å². The van der Waals surface area contributed by atoms with Crippen molar-refractivity contribution in [3.8, 4) is 0 Å². The van der Waals surface area contributed by atoms with E-state index in [1.165, 1.54) is 238 Å². The number of carbonyl (C=O) groups excluding carboxylic acids is 3. The molecular weight excluding hydrogens is 1010 g/mol. The molecule has 474 valence electrons.